The zero-order chi connectivity index (χ0) is 17.3. The van der Waals surface area contributed by atoms with Gasteiger partial charge in [0.2, 0.25) is 0 Å². The topological polar surface area (TPSA) is 29.3 Å². The summed E-state index contributed by atoms with van der Waals surface area (Å²) in [7, 11) is 3.78. The van der Waals surface area contributed by atoms with Crippen molar-refractivity contribution in [1.29, 1.82) is 0 Å². The SMILES string of the molecule is CN(C)c1ccc(-c2nc(C(F)(F)F)oc2-c2ccccc2)cc1. The molecule has 0 radical (unpaired) electrons. The smallest absolute Gasteiger partial charge is 0.432 e. The number of nitrogens with zero attached hydrogens (tertiary/aromatic N) is 2. The van der Waals surface area contributed by atoms with Crippen LogP contribution in [-0.2, 0) is 6.18 Å². The van der Waals surface area contributed by atoms with Crippen molar-refractivity contribution >= 4 is 5.69 Å². The largest absolute Gasteiger partial charge is 0.468 e. The van der Waals surface area contributed by atoms with Gasteiger partial charge in [-0.25, -0.2) is 4.98 Å². The van der Waals surface area contributed by atoms with Gasteiger partial charge < -0.3 is 9.32 Å². The van der Waals surface area contributed by atoms with E-state index in [9.17, 15) is 13.2 Å². The fourth-order valence-corrected chi connectivity index (χ4v) is 2.34. The highest BCUT2D eigenvalue weighted by molar-refractivity contribution is 5.77. The van der Waals surface area contributed by atoms with Crippen molar-refractivity contribution in [1.82, 2.24) is 4.98 Å². The molecule has 0 bridgehead atoms. The molecule has 0 aliphatic heterocycles. The van der Waals surface area contributed by atoms with Gasteiger partial charge >= 0.3 is 12.1 Å². The summed E-state index contributed by atoms with van der Waals surface area (Å²) in [6, 6.07) is 15.8. The summed E-state index contributed by atoms with van der Waals surface area (Å²) in [6.45, 7) is 0. The Kier molecular flexibility index (Phi) is 4.05. The molecule has 0 N–H and O–H groups in total. The summed E-state index contributed by atoms with van der Waals surface area (Å²) in [5.74, 6) is -1.13. The van der Waals surface area contributed by atoms with E-state index in [1.54, 1.807) is 42.5 Å². The summed E-state index contributed by atoms with van der Waals surface area (Å²) >= 11 is 0. The molecule has 3 nitrogen and oxygen atoms in total. The van der Waals surface area contributed by atoms with Gasteiger partial charge in [-0.3, -0.25) is 0 Å². The molecule has 1 heterocycles. The number of oxazole rings is 1. The number of hydrogen-bond acceptors (Lipinski definition) is 3. The molecule has 0 amide bonds. The van der Waals surface area contributed by atoms with Crippen LogP contribution in [0.1, 0.15) is 5.89 Å². The molecule has 0 atom stereocenters. The summed E-state index contributed by atoms with van der Waals surface area (Å²) in [5.41, 5.74) is 2.24. The average molecular weight is 332 g/mol. The predicted octanol–water partition coefficient (Wildman–Crippen LogP) is 5.09. The molecule has 6 heteroatoms. The van der Waals surface area contributed by atoms with Crippen molar-refractivity contribution < 1.29 is 17.6 Å². The van der Waals surface area contributed by atoms with Gasteiger partial charge in [0.1, 0.15) is 5.69 Å². The van der Waals surface area contributed by atoms with Gasteiger partial charge in [-0.15, -0.1) is 0 Å². The van der Waals surface area contributed by atoms with Gasteiger partial charge in [-0.05, 0) is 12.1 Å². The first-order valence-electron chi connectivity index (χ1n) is 7.27. The quantitative estimate of drug-likeness (QED) is 0.669. The molecule has 24 heavy (non-hydrogen) atoms. The fourth-order valence-electron chi connectivity index (χ4n) is 2.34. The fraction of sp³-hybridized carbons (Fsp3) is 0.167. The van der Waals surface area contributed by atoms with Crippen LogP contribution in [0.2, 0.25) is 0 Å². The van der Waals surface area contributed by atoms with Gasteiger partial charge in [0.15, 0.2) is 5.76 Å². The Hall–Kier alpha value is -2.76. The maximum Gasteiger partial charge on any atom is 0.468 e. The molecule has 124 valence electrons. The number of alkyl halides is 3. The first kappa shape index (κ1) is 16.1. The van der Waals surface area contributed by atoms with Crippen molar-refractivity contribution in [2.45, 2.75) is 6.18 Å². The van der Waals surface area contributed by atoms with Crippen molar-refractivity contribution in [2.75, 3.05) is 19.0 Å². The molecule has 0 unspecified atom stereocenters. The highest BCUT2D eigenvalue weighted by Crippen LogP contribution is 2.38. The third kappa shape index (κ3) is 3.13. The molecule has 0 aliphatic carbocycles. The van der Waals surface area contributed by atoms with E-state index < -0.39 is 12.1 Å². The van der Waals surface area contributed by atoms with E-state index in [2.05, 4.69) is 4.98 Å². The van der Waals surface area contributed by atoms with Crippen LogP contribution in [0.4, 0.5) is 18.9 Å². The Morgan fingerprint density at radius 1 is 0.875 bits per heavy atom. The monoisotopic (exact) mass is 332 g/mol. The number of halogens is 3. The van der Waals surface area contributed by atoms with Crippen molar-refractivity contribution in [3.8, 4) is 22.6 Å². The highest BCUT2D eigenvalue weighted by Gasteiger charge is 2.39. The predicted molar refractivity (Wildman–Crippen MR) is 86.7 cm³/mol. The maximum atomic E-state index is 13.0. The minimum Gasteiger partial charge on any atom is -0.432 e. The Labute approximate surface area is 137 Å². The number of anilines is 1. The molecule has 0 saturated heterocycles. The first-order valence-corrected chi connectivity index (χ1v) is 7.27. The van der Waals surface area contributed by atoms with E-state index in [4.69, 9.17) is 4.42 Å². The standard InChI is InChI=1S/C18H15F3N2O/c1-23(2)14-10-8-12(9-11-14)15-16(13-6-4-3-5-7-13)24-17(22-15)18(19,20)21/h3-11H,1-2H3. The lowest BCUT2D eigenvalue weighted by molar-refractivity contribution is -0.156. The van der Waals surface area contributed by atoms with E-state index in [1.807, 2.05) is 31.1 Å². The minimum atomic E-state index is -4.63. The summed E-state index contributed by atoms with van der Waals surface area (Å²) in [4.78, 5) is 5.61. The van der Waals surface area contributed by atoms with E-state index in [-0.39, 0.29) is 11.5 Å². The number of hydrogen-bond donors (Lipinski definition) is 0. The lowest BCUT2D eigenvalue weighted by Gasteiger charge is -2.12. The van der Waals surface area contributed by atoms with Crippen molar-refractivity contribution in [3.63, 3.8) is 0 Å². The number of rotatable bonds is 3. The van der Waals surface area contributed by atoms with Crippen LogP contribution in [0, 0.1) is 0 Å². The summed E-state index contributed by atoms with van der Waals surface area (Å²) in [5, 5.41) is 0. The number of aromatic nitrogens is 1. The maximum absolute atomic E-state index is 13.0. The first-order chi connectivity index (χ1) is 11.4. The second-order valence-electron chi connectivity index (χ2n) is 5.50. The number of benzene rings is 2. The molecular weight excluding hydrogens is 317 g/mol. The van der Waals surface area contributed by atoms with Gasteiger partial charge in [-0.1, -0.05) is 42.5 Å². The third-order valence-electron chi connectivity index (χ3n) is 3.56. The van der Waals surface area contributed by atoms with Crippen LogP contribution in [-0.4, -0.2) is 19.1 Å². The van der Waals surface area contributed by atoms with E-state index >= 15 is 0 Å². The molecule has 3 rings (SSSR count). The molecule has 0 aliphatic rings. The Morgan fingerprint density at radius 2 is 1.50 bits per heavy atom. The summed E-state index contributed by atoms with van der Waals surface area (Å²) in [6.07, 6.45) is -4.63. The van der Waals surface area contributed by atoms with Crippen LogP contribution in [0.15, 0.2) is 59.0 Å². The van der Waals surface area contributed by atoms with Crippen LogP contribution in [0.25, 0.3) is 22.6 Å². The average Bonchev–Trinajstić information content (AvgIpc) is 3.01. The van der Waals surface area contributed by atoms with E-state index in [1.165, 1.54) is 0 Å². The van der Waals surface area contributed by atoms with Crippen LogP contribution in [0.3, 0.4) is 0 Å². The molecule has 2 aromatic carbocycles. The van der Waals surface area contributed by atoms with E-state index in [0.717, 1.165) is 5.69 Å². The molecular formula is C18H15F3N2O. The third-order valence-corrected chi connectivity index (χ3v) is 3.56. The zero-order valence-electron chi connectivity index (χ0n) is 13.1. The second-order valence-corrected chi connectivity index (χ2v) is 5.50. The van der Waals surface area contributed by atoms with Gasteiger partial charge in [-0.2, -0.15) is 13.2 Å². The highest BCUT2D eigenvalue weighted by atomic mass is 19.4. The van der Waals surface area contributed by atoms with Crippen LogP contribution < -0.4 is 4.90 Å². The molecule has 0 spiro atoms. The summed E-state index contributed by atoms with van der Waals surface area (Å²) < 4.78 is 44.1. The van der Waals surface area contributed by atoms with Crippen molar-refractivity contribution in [2.24, 2.45) is 0 Å². The Bertz CT molecular complexity index is 822. The molecule has 0 fully saturated rings. The zero-order valence-corrected chi connectivity index (χ0v) is 13.1. The molecule has 0 saturated carbocycles. The lowest BCUT2D eigenvalue weighted by atomic mass is 10.1. The minimum absolute atomic E-state index is 0.112. The van der Waals surface area contributed by atoms with Gasteiger partial charge in [0.05, 0.1) is 0 Å². The molecule has 1 aromatic heterocycles. The van der Waals surface area contributed by atoms with Gasteiger partial charge in [0.25, 0.3) is 0 Å². The Morgan fingerprint density at radius 3 is 2.04 bits per heavy atom. The van der Waals surface area contributed by atoms with Gasteiger partial charge in [0, 0.05) is 30.9 Å². The van der Waals surface area contributed by atoms with Crippen molar-refractivity contribution in [3.05, 3.63) is 60.5 Å². The molecule has 3 aromatic rings. The van der Waals surface area contributed by atoms with Crippen LogP contribution in [0.5, 0.6) is 0 Å². The Balaban J connectivity index is 2.13. The normalized spacial score (nSPS) is 11.5. The van der Waals surface area contributed by atoms with Crippen LogP contribution >= 0.6 is 0 Å². The lowest BCUT2D eigenvalue weighted by Crippen LogP contribution is -2.08. The van der Waals surface area contributed by atoms with E-state index in [0.29, 0.717) is 11.1 Å². The second kappa shape index (κ2) is 6.03.